The van der Waals surface area contributed by atoms with Gasteiger partial charge in [-0.05, 0) is 37.8 Å². The van der Waals surface area contributed by atoms with Gasteiger partial charge >= 0.3 is 5.97 Å². The Balaban J connectivity index is 2.03. The van der Waals surface area contributed by atoms with Crippen LogP contribution in [0.3, 0.4) is 0 Å². The van der Waals surface area contributed by atoms with Crippen LogP contribution in [0.2, 0.25) is 5.02 Å². The molecule has 120 valence electrons. The Bertz CT molecular complexity index is 732. The molecule has 1 N–H and O–H groups in total. The quantitative estimate of drug-likeness (QED) is 0.849. The molecule has 1 saturated carbocycles. The average molecular weight is 333 g/mol. The number of ether oxygens (including phenoxy) is 1. The van der Waals surface area contributed by atoms with Crippen molar-refractivity contribution < 1.29 is 14.6 Å². The number of carbonyl (C=O) groups is 1. The van der Waals surface area contributed by atoms with Gasteiger partial charge in [-0.3, -0.25) is 0 Å². The predicted molar refractivity (Wildman–Crippen MR) is 86.1 cm³/mol. The van der Waals surface area contributed by atoms with Gasteiger partial charge in [-0.2, -0.15) is 0 Å². The summed E-state index contributed by atoms with van der Waals surface area (Å²) < 4.78 is 4.93. The van der Waals surface area contributed by atoms with E-state index in [-0.39, 0.29) is 18.3 Å². The number of aliphatic hydroxyl groups is 1. The van der Waals surface area contributed by atoms with Crippen molar-refractivity contribution in [2.24, 2.45) is 5.92 Å². The van der Waals surface area contributed by atoms with E-state index in [4.69, 9.17) is 16.3 Å². The van der Waals surface area contributed by atoms with Crippen molar-refractivity contribution in [2.45, 2.75) is 25.9 Å². The fourth-order valence-electron chi connectivity index (χ4n) is 2.51. The lowest BCUT2D eigenvalue weighted by Crippen LogP contribution is -2.10. The number of carbonyl (C=O) groups excluding carboxylic acids is 1. The van der Waals surface area contributed by atoms with Crippen LogP contribution in [-0.2, 0) is 4.74 Å². The normalized spacial score (nSPS) is 15.3. The Morgan fingerprint density at radius 2 is 2.22 bits per heavy atom. The zero-order valence-corrected chi connectivity index (χ0v) is 13.5. The van der Waals surface area contributed by atoms with Gasteiger partial charge in [-0.1, -0.05) is 23.7 Å². The minimum absolute atomic E-state index is 0.00353. The van der Waals surface area contributed by atoms with E-state index in [0.717, 1.165) is 12.8 Å². The molecule has 1 aromatic heterocycles. The standard InChI is InChI=1S/C17H17ClN2O3/c1-2-23-17(22)16-19-9-8-13(20-16)11-4-3-5-12(18)14(11)15(21)10-6-7-10/h3-5,8-10,15,21H,2,6-7H2,1H3. The molecule has 1 fully saturated rings. The highest BCUT2D eigenvalue weighted by Crippen LogP contribution is 2.45. The highest BCUT2D eigenvalue weighted by molar-refractivity contribution is 6.31. The molecule has 1 aliphatic rings. The summed E-state index contributed by atoms with van der Waals surface area (Å²) >= 11 is 6.30. The SMILES string of the molecule is CCOC(=O)c1nccc(-c2cccc(Cl)c2C(O)C2CC2)n1. The summed E-state index contributed by atoms with van der Waals surface area (Å²) in [6.07, 6.45) is 2.86. The van der Waals surface area contributed by atoms with Crippen molar-refractivity contribution in [1.82, 2.24) is 9.97 Å². The van der Waals surface area contributed by atoms with Crippen molar-refractivity contribution in [3.8, 4) is 11.3 Å². The number of aromatic nitrogens is 2. The van der Waals surface area contributed by atoms with Crippen LogP contribution in [0.5, 0.6) is 0 Å². The van der Waals surface area contributed by atoms with Gasteiger partial charge in [0.15, 0.2) is 0 Å². The summed E-state index contributed by atoms with van der Waals surface area (Å²) in [6.45, 7) is 1.98. The van der Waals surface area contributed by atoms with Gasteiger partial charge < -0.3 is 9.84 Å². The van der Waals surface area contributed by atoms with Gasteiger partial charge in [0.1, 0.15) is 0 Å². The smallest absolute Gasteiger partial charge is 0.376 e. The fraction of sp³-hybridized carbons (Fsp3) is 0.353. The maximum absolute atomic E-state index is 11.8. The van der Waals surface area contributed by atoms with E-state index < -0.39 is 12.1 Å². The minimum Gasteiger partial charge on any atom is -0.460 e. The average Bonchev–Trinajstić information content (AvgIpc) is 3.39. The van der Waals surface area contributed by atoms with E-state index in [0.29, 0.717) is 21.8 Å². The number of benzene rings is 1. The molecule has 0 bridgehead atoms. The molecule has 1 aromatic carbocycles. The Labute approximate surface area is 139 Å². The third-order valence-electron chi connectivity index (χ3n) is 3.81. The molecule has 1 aliphatic carbocycles. The van der Waals surface area contributed by atoms with Gasteiger partial charge in [-0.15, -0.1) is 0 Å². The van der Waals surface area contributed by atoms with Crippen molar-refractivity contribution >= 4 is 17.6 Å². The Morgan fingerprint density at radius 3 is 2.91 bits per heavy atom. The maximum atomic E-state index is 11.8. The highest BCUT2D eigenvalue weighted by atomic mass is 35.5. The lowest BCUT2D eigenvalue weighted by atomic mass is 9.97. The number of hydrogen-bond acceptors (Lipinski definition) is 5. The van der Waals surface area contributed by atoms with E-state index >= 15 is 0 Å². The second-order valence-corrected chi connectivity index (χ2v) is 5.88. The van der Waals surface area contributed by atoms with Crippen molar-refractivity contribution in [3.05, 3.63) is 46.9 Å². The lowest BCUT2D eigenvalue weighted by Gasteiger charge is -2.16. The van der Waals surface area contributed by atoms with Crippen molar-refractivity contribution in [1.29, 1.82) is 0 Å². The van der Waals surface area contributed by atoms with E-state index in [1.54, 1.807) is 25.1 Å². The molecule has 0 aliphatic heterocycles. The Hall–Kier alpha value is -1.98. The summed E-state index contributed by atoms with van der Waals surface area (Å²) in [5.74, 6) is -0.336. The Morgan fingerprint density at radius 1 is 1.43 bits per heavy atom. The molecular formula is C17H17ClN2O3. The van der Waals surface area contributed by atoms with Gasteiger partial charge in [0.05, 0.1) is 18.4 Å². The lowest BCUT2D eigenvalue weighted by molar-refractivity contribution is 0.0512. The first kappa shape index (κ1) is 15.9. The molecule has 1 unspecified atom stereocenters. The van der Waals surface area contributed by atoms with Crippen LogP contribution in [0.15, 0.2) is 30.5 Å². The van der Waals surface area contributed by atoms with E-state index in [9.17, 15) is 9.90 Å². The molecule has 1 atom stereocenters. The van der Waals surface area contributed by atoms with Gasteiger partial charge in [0.2, 0.25) is 5.82 Å². The molecule has 2 aromatic rings. The van der Waals surface area contributed by atoms with Crippen LogP contribution in [0.1, 0.15) is 42.1 Å². The molecule has 5 nitrogen and oxygen atoms in total. The summed E-state index contributed by atoms with van der Waals surface area (Å²) in [5.41, 5.74) is 1.91. The first-order valence-electron chi connectivity index (χ1n) is 7.58. The molecule has 3 rings (SSSR count). The molecule has 1 heterocycles. The molecule has 6 heteroatoms. The topological polar surface area (TPSA) is 72.3 Å². The second kappa shape index (κ2) is 6.64. The molecule has 23 heavy (non-hydrogen) atoms. The summed E-state index contributed by atoms with van der Waals surface area (Å²) in [6, 6.07) is 7.08. The molecule has 0 saturated heterocycles. The fourth-order valence-corrected chi connectivity index (χ4v) is 2.80. The molecule has 0 spiro atoms. The van der Waals surface area contributed by atoms with Crippen LogP contribution in [0.4, 0.5) is 0 Å². The molecule has 0 amide bonds. The second-order valence-electron chi connectivity index (χ2n) is 5.47. The third kappa shape index (κ3) is 3.35. The minimum atomic E-state index is -0.625. The zero-order chi connectivity index (χ0) is 16.4. The first-order chi connectivity index (χ1) is 11.1. The number of aliphatic hydroxyl groups excluding tert-OH is 1. The number of halogens is 1. The van der Waals surface area contributed by atoms with Crippen LogP contribution in [-0.4, -0.2) is 27.7 Å². The number of hydrogen-bond donors (Lipinski definition) is 1. The zero-order valence-electron chi connectivity index (χ0n) is 12.7. The van der Waals surface area contributed by atoms with Crippen LogP contribution >= 0.6 is 11.6 Å². The summed E-state index contributed by atoms with van der Waals surface area (Å²) in [5, 5.41) is 11.0. The molecule has 0 radical (unpaired) electrons. The van der Waals surface area contributed by atoms with Crippen molar-refractivity contribution in [3.63, 3.8) is 0 Å². The highest BCUT2D eigenvalue weighted by Gasteiger charge is 2.33. The van der Waals surface area contributed by atoms with Crippen LogP contribution in [0, 0.1) is 5.92 Å². The largest absolute Gasteiger partial charge is 0.460 e. The van der Waals surface area contributed by atoms with Gasteiger partial charge in [0, 0.05) is 22.3 Å². The van der Waals surface area contributed by atoms with E-state index in [2.05, 4.69) is 9.97 Å². The number of rotatable bonds is 5. The first-order valence-corrected chi connectivity index (χ1v) is 7.96. The van der Waals surface area contributed by atoms with Crippen LogP contribution < -0.4 is 0 Å². The van der Waals surface area contributed by atoms with Crippen molar-refractivity contribution in [2.75, 3.05) is 6.61 Å². The maximum Gasteiger partial charge on any atom is 0.376 e. The van der Waals surface area contributed by atoms with E-state index in [1.165, 1.54) is 6.20 Å². The molecular weight excluding hydrogens is 316 g/mol. The summed E-state index contributed by atoms with van der Waals surface area (Å²) in [4.78, 5) is 20.0. The van der Waals surface area contributed by atoms with E-state index in [1.807, 2.05) is 6.07 Å². The Kier molecular flexibility index (Phi) is 4.59. The predicted octanol–water partition coefficient (Wildman–Crippen LogP) is 3.42. The summed E-state index contributed by atoms with van der Waals surface area (Å²) in [7, 11) is 0. The van der Waals surface area contributed by atoms with Gasteiger partial charge in [0.25, 0.3) is 0 Å². The monoisotopic (exact) mass is 332 g/mol. The number of esters is 1. The third-order valence-corrected chi connectivity index (χ3v) is 4.14. The number of nitrogens with zero attached hydrogens (tertiary/aromatic N) is 2. The van der Waals surface area contributed by atoms with Gasteiger partial charge in [-0.25, -0.2) is 14.8 Å². The van der Waals surface area contributed by atoms with Crippen LogP contribution in [0.25, 0.3) is 11.3 Å².